The van der Waals surface area contributed by atoms with Crippen LogP contribution < -0.4 is 0 Å². The largest absolute Gasteiger partial charge is 0.289 e. The van der Waals surface area contributed by atoms with E-state index in [2.05, 4.69) is 0 Å². The summed E-state index contributed by atoms with van der Waals surface area (Å²) < 4.78 is 0. The summed E-state index contributed by atoms with van der Waals surface area (Å²) in [5.74, 6) is -0.494. The fraction of sp³-hybridized carbons (Fsp3) is 0.133. The van der Waals surface area contributed by atoms with Crippen molar-refractivity contribution in [2.45, 2.75) is 13.8 Å². The van der Waals surface area contributed by atoms with Crippen LogP contribution >= 0.6 is 0 Å². The highest BCUT2D eigenvalue weighted by atomic mass is 16.6. The van der Waals surface area contributed by atoms with E-state index < -0.39 is 15.6 Å². The number of nitrogens with zero attached hydrogens (tertiary/aromatic N) is 2. The van der Waals surface area contributed by atoms with Gasteiger partial charge in [-0.2, -0.15) is 0 Å². The molecule has 0 bridgehead atoms. The molecule has 0 saturated heterocycles. The molecule has 0 spiro atoms. The lowest BCUT2D eigenvalue weighted by atomic mass is 9.99. The minimum Gasteiger partial charge on any atom is -0.289 e. The highest BCUT2D eigenvalue weighted by molar-refractivity contribution is 6.09. The number of hydrogen-bond donors (Lipinski definition) is 0. The molecule has 2 rings (SSSR count). The first kappa shape index (κ1) is 15.3. The van der Waals surface area contributed by atoms with Crippen molar-refractivity contribution in [3.63, 3.8) is 0 Å². The molecule has 0 aromatic heterocycles. The van der Waals surface area contributed by atoms with Crippen LogP contribution in [-0.4, -0.2) is 15.6 Å². The Morgan fingerprint density at radius 3 is 1.50 bits per heavy atom. The predicted octanol–water partition coefficient (Wildman–Crippen LogP) is 3.35. The van der Waals surface area contributed by atoms with Crippen LogP contribution in [0.2, 0.25) is 0 Å². The van der Waals surface area contributed by atoms with Gasteiger partial charge < -0.3 is 0 Å². The smallest absolute Gasteiger partial charge is 0.273 e. The molecule has 0 fully saturated rings. The van der Waals surface area contributed by atoms with E-state index in [1.807, 2.05) is 0 Å². The second-order valence-electron chi connectivity index (χ2n) is 4.85. The van der Waals surface area contributed by atoms with E-state index >= 15 is 0 Å². The summed E-state index contributed by atoms with van der Waals surface area (Å²) in [7, 11) is 0. The molecule has 0 atom stereocenters. The summed E-state index contributed by atoms with van der Waals surface area (Å²) in [6.07, 6.45) is 0. The number of nitro benzene ring substituents is 2. The Morgan fingerprint density at radius 1 is 0.818 bits per heavy atom. The molecule has 0 aliphatic rings. The van der Waals surface area contributed by atoms with Crippen LogP contribution in [-0.2, 0) is 0 Å². The number of rotatable bonds is 4. The lowest BCUT2D eigenvalue weighted by Crippen LogP contribution is -2.04. The zero-order valence-corrected chi connectivity index (χ0v) is 11.9. The first-order valence-corrected chi connectivity index (χ1v) is 6.36. The van der Waals surface area contributed by atoms with Crippen LogP contribution in [0.3, 0.4) is 0 Å². The zero-order valence-electron chi connectivity index (χ0n) is 11.9. The van der Waals surface area contributed by atoms with Crippen LogP contribution in [0.5, 0.6) is 0 Å². The average Bonchev–Trinajstić information content (AvgIpc) is 2.47. The lowest BCUT2D eigenvalue weighted by molar-refractivity contribution is -0.385. The fourth-order valence-corrected chi connectivity index (χ4v) is 2.06. The van der Waals surface area contributed by atoms with Gasteiger partial charge in [0.05, 0.1) is 9.85 Å². The summed E-state index contributed by atoms with van der Waals surface area (Å²) in [6.45, 7) is 3.15. The van der Waals surface area contributed by atoms with Crippen molar-refractivity contribution in [2.24, 2.45) is 0 Å². The molecule has 0 radical (unpaired) electrons. The Hall–Kier alpha value is -3.09. The van der Waals surface area contributed by atoms with E-state index in [-0.39, 0.29) is 22.5 Å². The minimum atomic E-state index is -0.566. The van der Waals surface area contributed by atoms with Crippen molar-refractivity contribution < 1.29 is 14.6 Å². The van der Waals surface area contributed by atoms with Gasteiger partial charge in [0.1, 0.15) is 0 Å². The maximum atomic E-state index is 12.4. The Bertz CT molecular complexity index is 733. The molecule has 7 nitrogen and oxygen atoms in total. The molecular formula is C15H12N2O5. The Labute approximate surface area is 125 Å². The summed E-state index contributed by atoms with van der Waals surface area (Å²) >= 11 is 0. The zero-order chi connectivity index (χ0) is 16.4. The number of ketones is 1. The first-order chi connectivity index (χ1) is 10.3. The molecule has 2 aromatic rings. The van der Waals surface area contributed by atoms with Crippen molar-refractivity contribution in [3.8, 4) is 0 Å². The maximum absolute atomic E-state index is 12.4. The van der Waals surface area contributed by atoms with Crippen molar-refractivity contribution in [1.29, 1.82) is 0 Å². The fourth-order valence-electron chi connectivity index (χ4n) is 2.06. The van der Waals surface area contributed by atoms with Gasteiger partial charge in [0.25, 0.3) is 11.4 Å². The van der Waals surface area contributed by atoms with Gasteiger partial charge in [-0.05, 0) is 13.8 Å². The second-order valence-corrected chi connectivity index (χ2v) is 4.85. The molecule has 0 saturated carbocycles. The van der Waals surface area contributed by atoms with E-state index in [9.17, 15) is 25.0 Å². The van der Waals surface area contributed by atoms with Gasteiger partial charge >= 0.3 is 0 Å². The molecular weight excluding hydrogens is 288 g/mol. The number of benzene rings is 2. The van der Waals surface area contributed by atoms with Gasteiger partial charge in [-0.15, -0.1) is 0 Å². The molecule has 0 unspecified atom stereocenters. The third-order valence-electron chi connectivity index (χ3n) is 3.34. The molecule has 0 aliphatic heterocycles. The third kappa shape index (κ3) is 2.83. The standard InChI is InChI=1S/C15H12N2O5/c1-9-3-5-11(7-13(9)16(19)20)15(18)12-6-4-10(2)14(8-12)17(21)22/h3-8H,1-2H3. The number of carbonyl (C=O) groups excluding carboxylic acids is 1. The highest BCUT2D eigenvalue weighted by Gasteiger charge is 2.19. The summed E-state index contributed by atoms with van der Waals surface area (Å²) in [4.78, 5) is 33.1. The summed E-state index contributed by atoms with van der Waals surface area (Å²) in [5, 5.41) is 21.9. The van der Waals surface area contributed by atoms with Gasteiger partial charge in [0, 0.05) is 34.4 Å². The van der Waals surface area contributed by atoms with Crippen LogP contribution in [0, 0.1) is 34.1 Å². The Balaban J connectivity index is 2.49. The molecule has 0 amide bonds. The number of hydrogen-bond acceptors (Lipinski definition) is 5. The molecule has 0 aliphatic carbocycles. The van der Waals surface area contributed by atoms with Crippen LogP contribution in [0.15, 0.2) is 36.4 Å². The van der Waals surface area contributed by atoms with Crippen molar-refractivity contribution in [1.82, 2.24) is 0 Å². The Kier molecular flexibility index (Phi) is 3.98. The number of aryl methyl sites for hydroxylation is 2. The van der Waals surface area contributed by atoms with Gasteiger partial charge in [-0.25, -0.2) is 0 Å². The van der Waals surface area contributed by atoms with E-state index in [1.165, 1.54) is 36.4 Å². The van der Waals surface area contributed by atoms with Crippen molar-refractivity contribution in [3.05, 3.63) is 78.9 Å². The Morgan fingerprint density at radius 2 is 1.18 bits per heavy atom. The van der Waals surface area contributed by atoms with Gasteiger partial charge in [0.15, 0.2) is 5.78 Å². The van der Waals surface area contributed by atoms with E-state index in [0.717, 1.165) is 0 Å². The summed E-state index contributed by atoms with van der Waals surface area (Å²) in [5.41, 5.74) is 0.804. The normalized spacial score (nSPS) is 10.3. The van der Waals surface area contributed by atoms with Gasteiger partial charge in [-0.3, -0.25) is 25.0 Å². The van der Waals surface area contributed by atoms with Gasteiger partial charge in [0.2, 0.25) is 0 Å². The van der Waals surface area contributed by atoms with Crippen LogP contribution in [0.4, 0.5) is 11.4 Å². The highest BCUT2D eigenvalue weighted by Crippen LogP contribution is 2.24. The molecule has 0 N–H and O–H groups in total. The topological polar surface area (TPSA) is 103 Å². The van der Waals surface area contributed by atoms with Crippen molar-refractivity contribution in [2.75, 3.05) is 0 Å². The third-order valence-corrected chi connectivity index (χ3v) is 3.34. The van der Waals surface area contributed by atoms with E-state index in [0.29, 0.717) is 11.1 Å². The first-order valence-electron chi connectivity index (χ1n) is 6.36. The monoisotopic (exact) mass is 300 g/mol. The minimum absolute atomic E-state index is 0.121. The van der Waals surface area contributed by atoms with Crippen LogP contribution in [0.1, 0.15) is 27.0 Å². The predicted molar refractivity (Wildman–Crippen MR) is 79.1 cm³/mol. The molecule has 2 aromatic carbocycles. The lowest BCUT2D eigenvalue weighted by Gasteiger charge is -2.04. The average molecular weight is 300 g/mol. The van der Waals surface area contributed by atoms with E-state index in [1.54, 1.807) is 13.8 Å². The molecule has 0 heterocycles. The molecule has 7 heteroatoms. The number of carbonyl (C=O) groups is 1. The van der Waals surface area contributed by atoms with Gasteiger partial charge in [-0.1, -0.05) is 24.3 Å². The summed E-state index contributed by atoms with van der Waals surface area (Å²) in [6, 6.07) is 8.27. The molecule has 22 heavy (non-hydrogen) atoms. The SMILES string of the molecule is Cc1ccc(C(=O)c2ccc(C)c([N+](=O)[O-])c2)cc1[N+](=O)[O-]. The van der Waals surface area contributed by atoms with E-state index in [4.69, 9.17) is 0 Å². The second kappa shape index (κ2) is 5.72. The molecule has 112 valence electrons. The maximum Gasteiger partial charge on any atom is 0.273 e. The van der Waals surface area contributed by atoms with Crippen molar-refractivity contribution >= 4 is 17.2 Å². The quantitative estimate of drug-likeness (QED) is 0.489. The van der Waals surface area contributed by atoms with Crippen LogP contribution in [0.25, 0.3) is 0 Å². The number of nitro groups is 2.